The molecule has 1 aromatic carbocycles. The number of rotatable bonds is 3. The second-order valence-electron chi connectivity index (χ2n) is 4.48. The number of hydrogen-bond donors (Lipinski definition) is 1. The molecule has 18 heavy (non-hydrogen) atoms. The van der Waals surface area contributed by atoms with Crippen LogP contribution in [0.4, 0.5) is 5.69 Å². The average molecular weight is 262 g/mol. The molecule has 5 heteroatoms. The van der Waals surface area contributed by atoms with Crippen molar-refractivity contribution in [2.75, 3.05) is 4.90 Å². The SMILES string of the molecule is CC1CC(=O)N(c2ccc(CC(N)=S)cc2)C1=O. The van der Waals surface area contributed by atoms with Gasteiger partial charge in [0.2, 0.25) is 11.8 Å². The fourth-order valence-corrected chi connectivity index (χ4v) is 2.19. The molecule has 0 spiro atoms. The summed E-state index contributed by atoms with van der Waals surface area (Å²) in [5, 5.41) is 0. The molecule has 2 rings (SSSR count). The van der Waals surface area contributed by atoms with E-state index in [1.54, 1.807) is 19.1 Å². The summed E-state index contributed by atoms with van der Waals surface area (Å²) in [6.07, 6.45) is 0.807. The Labute approximate surface area is 111 Å². The van der Waals surface area contributed by atoms with Crippen LogP contribution in [0.2, 0.25) is 0 Å². The van der Waals surface area contributed by atoms with Gasteiger partial charge in [-0.3, -0.25) is 14.5 Å². The first-order valence-corrected chi connectivity index (χ1v) is 6.14. The molecule has 1 unspecified atom stereocenters. The summed E-state index contributed by atoms with van der Waals surface area (Å²) in [5.74, 6) is -0.509. The topological polar surface area (TPSA) is 63.4 Å². The highest BCUT2D eigenvalue weighted by atomic mass is 32.1. The number of amides is 2. The van der Waals surface area contributed by atoms with Gasteiger partial charge in [-0.15, -0.1) is 0 Å². The summed E-state index contributed by atoms with van der Waals surface area (Å²) < 4.78 is 0. The number of thiocarbonyl (C=S) groups is 1. The standard InChI is InChI=1S/C13H14N2O2S/c1-8-6-12(16)15(13(8)17)10-4-2-9(3-5-10)7-11(14)18/h2-5,8H,6-7H2,1H3,(H2,14,18). The number of carbonyl (C=O) groups excluding carboxylic acids is 2. The van der Waals surface area contributed by atoms with Gasteiger partial charge in [0.1, 0.15) is 0 Å². The maximum atomic E-state index is 11.8. The molecule has 1 aromatic rings. The maximum Gasteiger partial charge on any atom is 0.237 e. The molecule has 0 radical (unpaired) electrons. The fourth-order valence-electron chi connectivity index (χ4n) is 2.02. The first kappa shape index (κ1) is 12.7. The van der Waals surface area contributed by atoms with Crippen LogP contribution in [0.15, 0.2) is 24.3 Å². The molecule has 1 aliphatic heterocycles. The summed E-state index contributed by atoms with van der Waals surface area (Å²) in [6, 6.07) is 7.17. The number of carbonyl (C=O) groups is 2. The van der Waals surface area contributed by atoms with Gasteiger partial charge in [-0.2, -0.15) is 0 Å². The minimum Gasteiger partial charge on any atom is -0.393 e. The molecular weight excluding hydrogens is 248 g/mol. The molecule has 0 bridgehead atoms. The van der Waals surface area contributed by atoms with Gasteiger partial charge >= 0.3 is 0 Å². The van der Waals surface area contributed by atoms with Gasteiger partial charge in [-0.1, -0.05) is 31.3 Å². The second-order valence-corrected chi connectivity index (χ2v) is 5.01. The quantitative estimate of drug-likeness (QED) is 0.661. The molecule has 4 nitrogen and oxygen atoms in total. The monoisotopic (exact) mass is 262 g/mol. The first-order valence-electron chi connectivity index (χ1n) is 5.73. The van der Waals surface area contributed by atoms with Crippen LogP contribution in [-0.2, 0) is 16.0 Å². The fraction of sp³-hybridized carbons (Fsp3) is 0.308. The Morgan fingerprint density at radius 2 is 2.00 bits per heavy atom. The van der Waals surface area contributed by atoms with E-state index in [4.69, 9.17) is 18.0 Å². The van der Waals surface area contributed by atoms with Crippen molar-refractivity contribution < 1.29 is 9.59 Å². The third-order valence-corrected chi connectivity index (χ3v) is 3.09. The summed E-state index contributed by atoms with van der Waals surface area (Å²) in [4.78, 5) is 25.2. The van der Waals surface area contributed by atoms with Crippen molar-refractivity contribution in [3.8, 4) is 0 Å². The van der Waals surface area contributed by atoms with E-state index in [1.165, 1.54) is 4.90 Å². The Hall–Kier alpha value is -1.75. The number of anilines is 1. The minimum absolute atomic E-state index is 0.137. The number of hydrogen-bond acceptors (Lipinski definition) is 3. The van der Waals surface area contributed by atoms with Gasteiger partial charge in [0.25, 0.3) is 0 Å². The van der Waals surface area contributed by atoms with Crippen LogP contribution in [0.3, 0.4) is 0 Å². The van der Waals surface area contributed by atoms with E-state index in [-0.39, 0.29) is 24.2 Å². The summed E-state index contributed by atoms with van der Waals surface area (Å²) in [6.45, 7) is 1.77. The van der Waals surface area contributed by atoms with Crippen LogP contribution in [-0.4, -0.2) is 16.8 Å². The highest BCUT2D eigenvalue weighted by Crippen LogP contribution is 2.26. The molecule has 2 amide bonds. The van der Waals surface area contributed by atoms with Crippen LogP contribution in [0, 0.1) is 5.92 Å². The molecule has 1 atom stereocenters. The Balaban J connectivity index is 2.22. The third kappa shape index (κ3) is 2.41. The summed E-state index contributed by atoms with van der Waals surface area (Å²) in [5.41, 5.74) is 7.04. The highest BCUT2D eigenvalue weighted by molar-refractivity contribution is 7.80. The van der Waals surface area contributed by atoms with Crippen molar-refractivity contribution >= 4 is 34.7 Å². The van der Waals surface area contributed by atoms with Gasteiger partial charge in [-0.25, -0.2) is 0 Å². The molecule has 1 fully saturated rings. The van der Waals surface area contributed by atoms with E-state index in [2.05, 4.69) is 0 Å². The van der Waals surface area contributed by atoms with Gasteiger partial charge in [-0.05, 0) is 17.7 Å². The lowest BCUT2D eigenvalue weighted by Crippen LogP contribution is -2.29. The van der Waals surface area contributed by atoms with Crippen molar-refractivity contribution in [3.05, 3.63) is 29.8 Å². The van der Waals surface area contributed by atoms with Crippen LogP contribution >= 0.6 is 12.2 Å². The van der Waals surface area contributed by atoms with Gasteiger partial charge in [0.15, 0.2) is 0 Å². The Morgan fingerprint density at radius 3 is 2.44 bits per heavy atom. The van der Waals surface area contributed by atoms with E-state index in [9.17, 15) is 9.59 Å². The number of benzene rings is 1. The van der Waals surface area contributed by atoms with E-state index in [1.807, 2.05) is 12.1 Å². The lowest BCUT2D eigenvalue weighted by Gasteiger charge is -2.14. The molecule has 1 heterocycles. The molecule has 1 aliphatic rings. The lowest BCUT2D eigenvalue weighted by atomic mass is 10.1. The molecular formula is C13H14N2O2S. The summed E-state index contributed by atoms with van der Waals surface area (Å²) >= 11 is 4.83. The average Bonchev–Trinajstić information content (AvgIpc) is 2.54. The molecule has 0 aromatic heterocycles. The number of imide groups is 1. The van der Waals surface area contributed by atoms with E-state index < -0.39 is 0 Å². The first-order chi connectivity index (χ1) is 8.49. The predicted octanol–water partition coefficient (Wildman–Crippen LogP) is 1.41. The van der Waals surface area contributed by atoms with Crippen LogP contribution in [0.5, 0.6) is 0 Å². The van der Waals surface area contributed by atoms with Gasteiger partial charge < -0.3 is 5.73 Å². The van der Waals surface area contributed by atoms with E-state index in [0.717, 1.165) is 5.56 Å². The predicted molar refractivity (Wildman–Crippen MR) is 73.2 cm³/mol. The van der Waals surface area contributed by atoms with E-state index in [0.29, 0.717) is 17.1 Å². The zero-order valence-electron chi connectivity index (χ0n) is 10.1. The Morgan fingerprint density at radius 1 is 1.39 bits per heavy atom. The number of nitrogens with zero attached hydrogens (tertiary/aromatic N) is 1. The minimum atomic E-state index is -0.228. The van der Waals surface area contributed by atoms with Crippen LogP contribution in [0.1, 0.15) is 18.9 Å². The van der Waals surface area contributed by atoms with Crippen molar-refractivity contribution in [2.24, 2.45) is 11.7 Å². The van der Waals surface area contributed by atoms with Crippen LogP contribution in [0.25, 0.3) is 0 Å². The van der Waals surface area contributed by atoms with Gasteiger partial charge in [0, 0.05) is 18.8 Å². The largest absolute Gasteiger partial charge is 0.393 e. The lowest BCUT2D eigenvalue weighted by molar-refractivity contribution is -0.122. The van der Waals surface area contributed by atoms with E-state index >= 15 is 0 Å². The Kier molecular flexibility index (Phi) is 3.43. The number of nitrogens with two attached hydrogens (primary N) is 1. The maximum absolute atomic E-state index is 11.8. The van der Waals surface area contributed by atoms with Crippen molar-refractivity contribution in [3.63, 3.8) is 0 Å². The normalized spacial score (nSPS) is 19.4. The summed E-state index contributed by atoms with van der Waals surface area (Å²) in [7, 11) is 0. The second kappa shape index (κ2) is 4.86. The van der Waals surface area contributed by atoms with Crippen molar-refractivity contribution in [1.82, 2.24) is 0 Å². The van der Waals surface area contributed by atoms with Gasteiger partial charge in [0.05, 0.1) is 10.7 Å². The molecule has 0 aliphatic carbocycles. The molecule has 1 saturated heterocycles. The zero-order chi connectivity index (χ0) is 13.3. The Bertz CT molecular complexity index is 510. The smallest absolute Gasteiger partial charge is 0.237 e. The molecule has 94 valence electrons. The van der Waals surface area contributed by atoms with Crippen molar-refractivity contribution in [2.45, 2.75) is 19.8 Å². The zero-order valence-corrected chi connectivity index (χ0v) is 10.9. The third-order valence-electron chi connectivity index (χ3n) is 2.95. The van der Waals surface area contributed by atoms with Crippen molar-refractivity contribution in [1.29, 1.82) is 0 Å². The highest BCUT2D eigenvalue weighted by Gasteiger charge is 2.36. The molecule has 0 saturated carbocycles. The molecule has 2 N–H and O–H groups in total. The van der Waals surface area contributed by atoms with Crippen LogP contribution < -0.4 is 10.6 Å².